The molecule has 94 valence electrons. The van der Waals surface area contributed by atoms with Gasteiger partial charge in [0.2, 0.25) is 11.8 Å². The van der Waals surface area contributed by atoms with Crippen LogP contribution in [0.1, 0.15) is 12.8 Å². The van der Waals surface area contributed by atoms with E-state index in [1.54, 1.807) is 0 Å². The fourth-order valence-corrected chi connectivity index (χ4v) is 3.05. The molecule has 1 aliphatic heterocycles. The molecular weight excluding hydrogens is 258 g/mol. The van der Waals surface area contributed by atoms with Gasteiger partial charge in [-0.05, 0) is 0 Å². The number of carbonyl (C=O) groups excluding carboxylic acids is 1. The van der Waals surface area contributed by atoms with E-state index in [1.165, 1.54) is 11.8 Å². The Balaban J connectivity index is 1.78. The third-order valence-electron chi connectivity index (χ3n) is 2.43. The monoisotopic (exact) mass is 273 g/mol. The molecule has 0 bridgehead atoms. The maximum absolute atomic E-state index is 11.9. The second-order valence-corrected chi connectivity index (χ2v) is 5.75. The van der Waals surface area contributed by atoms with E-state index in [-0.39, 0.29) is 5.91 Å². The predicted octanol–water partition coefficient (Wildman–Crippen LogP) is 1.30. The summed E-state index contributed by atoms with van der Waals surface area (Å²) in [6, 6.07) is 0. The average molecular weight is 273 g/mol. The van der Waals surface area contributed by atoms with Gasteiger partial charge in [-0.25, -0.2) is 0 Å². The van der Waals surface area contributed by atoms with Gasteiger partial charge in [0.1, 0.15) is 0 Å². The molecule has 2 rings (SSSR count). The molecule has 17 heavy (non-hydrogen) atoms. The third-order valence-corrected chi connectivity index (χ3v) is 4.18. The van der Waals surface area contributed by atoms with E-state index in [2.05, 4.69) is 10.2 Å². The molecule has 0 spiro atoms. The van der Waals surface area contributed by atoms with Crippen LogP contribution in [0.25, 0.3) is 0 Å². The molecule has 0 N–H and O–H groups in total. The molecule has 0 atom stereocenters. The molecule has 1 fully saturated rings. The Hall–Kier alpha value is -0.690. The number of nitrogens with zero attached hydrogens (tertiary/aromatic N) is 3. The number of rotatable bonds is 4. The lowest BCUT2D eigenvalue weighted by atomic mass is 10.5. The molecule has 7 heteroatoms. The minimum Gasteiger partial charge on any atom is -0.416 e. The normalized spacial score (nSPS) is 16.2. The van der Waals surface area contributed by atoms with Crippen LogP contribution in [0.5, 0.6) is 0 Å². The lowest BCUT2D eigenvalue weighted by molar-refractivity contribution is -0.127. The first kappa shape index (κ1) is 12.8. The van der Waals surface area contributed by atoms with E-state index in [1.807, 2.05) is 23.6 Å². The molecule has 0 aliphatic carbocycles. The maximum atomic E-state index is 11.9. The van der Waals surface area contributed by atoms with E-state index < -0.39 is 0 Å². The van der Waals surface area contributed by atoms with Crippen LogP contribution < -0.4 is 0 Å². The van der Waals surface area contributed by atoms with Crippen molar-refractivity contribution in [3.05, 3.63) is 5.89 Å². The summed E-state index contributed by atoms with van der Waals surface area (Å²) in [5.41, 5.74) is 0. The van der Waals surface area contributed by atoms with Crippen molar-refractivity contribution in [2.75, 3.05) is 30.3 Å². The number of thioether (sulfide) groups is 2. The smallest absolute Gasteiger partial charge is 0.277 e. The van der Waals surface area contributed by atoms with Crippen molar-refractivity contribution in [1.82, 2.24) is 15.1 Å². The summed E-state index contributed by atoms with van der Waals surface area (Å²) in [5, 5.41) is 8.22. The van der Waals surface area contributed by atoms with E-state index in [4.69, 9.17) is 4.42 Å². The van der Waals surface area contributed by atoms with Gasteiger partial charge < -0.3 is 9.32 Å². The summed E-state index contributed by atoms with van der Waals surface area (Å²) in [7, 11) is 0. The zero-order valence-corrected chi connectivity index (χ0v) is 11.4. The standard InChI is InChI=1S/C10H15N3O2S2/c1-2-8-11-12-10(15-8)17-7-9(14)13-3-5-16-6-4-13/h2-7H2,1H3. The average Bonchev–Trinajstić information content (AvgIpc) is 2.85. The summed E-state index contributed by atoms with van der Waals surface area (Å²) in [6.07, 6.45) is 0.727. The van der Waals surface area contributed by atoms with Crippen molar-refractivity contribution >= 4 is 29.4 Å². The molecule has 1 amide bonds. The molecule has 1 aromatic heterocycles. The highest BCUT2D eigenvalue weighted by Gasteiger charge is 2.17. The highest BCUT2D eigenvalue weighted by atomic mass is 32.2. The van der Waals surface area contributed by atoms with E-state index in [0.29, 0.717) is 16.9 Å². The summed E-state index contributed by atoms with van der Waals surface area (Å²) >= 11 is 3.22. The minimum absolute atomic E-state index is 0.159. The van der Waals surface area contributed by atoms with Gasteiger partial charge in [0, 0.05) is 31.0 Å². The van der Waals surface area contributed by atoms with Gasteiger partial charge in [-0.15, -0.1) is 10.2 Å². The summed E-state index contributed by atoms with van der Waals surface area (Å²) in [6.45, 7) is 3.67. The van der Waals surface area contributed by atoms with Gasteiger partial charge >= 0.3 is 0 Å². The van der Waals surface area contributed by atoms with Crippen molar-refractivity contribution in [1.29, 1.82) is 0 Å². The van der Waals surface area contributed by atoms with Crippen LogP contribution in [0.3, 0.4) is 0 Å². The van der Waals surface area contributed by atoms with Gasteiger partial charge in [0.15, 0.2) is 0 Å². The molecule has 1 aliphatic rings. The summed E-state index contributed by atoms with van der Waals surface area (Å²) in [5.74, 6) is 3.24. The van der Waals surface area contributed by atoms with Crippen molar-refractivity contribution < 1.29 is 9.21 Å². The Morgan fingerprint density at radius 3 is 2.88 bits per heavy atom. The van der Waals surface area contributed by atoms with Gasteiger partial charge in [-0.3, -0.25) is 4.79 Å². The Bertz CT molecular complexity index is 377. The Morgan fingerprint density at radius 1 is 1.47 bits per heavy atom. The zero-order valence-electron chi connectivity index (χ0n) is 9.72. The largest absolute Gasteiger partial charge is 0.416 e. The fourth-order valence-electron chi connectivity index (χ4n) is 1.47. The second-order valence-electron chi connectivity index (χ2n) is 3.60. The molecule has 1 saturated heterocycles. The first-order valence-corrected chi connectivity index (χ1v) is 7.74. The van der Waals surface area contributed by atoms with Crippen molar-refractivity contribution in [2.45, 2.75) is 18.6 Å². The second kappa shape index (κ2) is 6.30. The number of aryl methyl sites for hydroxylation is 1. The van der Waals surface area contributed by atoms with E-state index in [9.17, 15) is 4.79 Å². The minimum atomic E-state index is 0.159. The predicted molar refractivity (Wildman–Crippen MR) is 68.3 cm³/mol. The SMILES string of the molecule is CCc1nnc(SCC(=O)N2CCSCC2)o1. The van der Waals surface area contributed by atoms with Gasteiger partial charge in [0.25, 0.3) is 5.22 Å². The Morgan fingerprint density at radius 2 is 2.24 bits per heavy atom. The molecule has 2 heterocycles. The highest BCUT2D eigenvalue weighted by Crippen LogP contribution is 2.18. The van der Waals surface area contributed by atoms with Crippen LogP contribution in [-0.4, -0.2) is 51.4 Å². The van der Waals surface area contributed by atoms with Crippen molar-refractivity contribution in [3.63, 3.8) is 0 Å². The van der Waals surface area contributed by atoms with Crippen LogP contribution in [0, 0.1) is 0 Å². The maximum Gasteiger partial charge on any atom is 0.277 e. The fraction of sp³-hybridized carbons (Fsp3) is 0.700. The quantitative estimate of drug-likeness (QED) is 0.771. The highest BCUT2D eigenvalue weighted by molar-refractivity contribution is 7.99. The molecule has 0 radical (unpaired) electrons. The molecular formula is C10H15N3O2S2. The van der Waals surface area contributed by atoms with E-state index in [0.717, 1.165) is 31.0 Å². The van der Waals surface area contributed by atoms with Crippen molar-refractivity contribution in [3.8, 4) is 0 Å². The number of carbonyl (C=O) groups is 1. The van der Waals surface area contributed by atoms with Crippen LogP contribution in [0.2, 0.25) is 0 Å². The number of hydrogen-bond acceptors (Lipinski definition) is 6. The lowest BCUT2D eigenvalue weighted by Gasteiger charge is -2.25. The third kappa shape index (κ3) is 3.64. The molecule has 0 saturated carbocycles. The summed E-state index contributed by atoms with van der Waals surface area (Å²) < 4.78 is 5.34. The van der Waals surface area contributed by atoms with Crippen molar-refractivity contribution in [2.24, 2.45) is 0 Å². The summed E-state index contributed by atoms with van der Waals surface area (Å²) in [4.78, 5) is 13.8. The van der Waals surface area contributed by atoms with Crippen LogP contribution in [0.15, 0.2) is 9.64 Å². The molecule has 0 aromatic carbocycles. The van der Waals surface area contributed by atoms with Gasteiger partial charge in [0.05, 0.1) is 5.75 Å². The van der Waals surface area contributed by atoms with Crippen LogP contribution >= 0.6 is 23.5 Å². The zero-order chi connectivity index (χ0) is 12.1. The Kier molecular flexibility index (Phi) is 4.73. The lowest BCUT2D eigenvalue weighted by Crippen LogP contribution is -2.38. The molecule has 1 aromatic rings. The van der Waals surface area contributed by atoms with Gasteiger partial charge in [-0.1, -0.05) is 18.7 Å². The molecule has 0 unspecified atom stereocenters. The first-order chi connectivity index (χ1) is 8.29. The number of amides is 1. The number of aromatic nitrogens is 2. The van der Waals surface area contributed by atoms with E-state index >= 15 is 0 Å². The number of hydrogen-bond donors (Lipinski definition) is 0. The Labute approximate surface area is 109 Å². The van der Waals surface area contributed by atoms with Gasteiger partial charge in [-0.2, -0.15) is 11.8 Å². The van der Waals surface area contributed by atoms with Crippen LogP contribution in [0.4, 0.5) is 0 Å². The topological polar surface area (TPSA) is 59.2 Å². The molecule has 5 nitrogen and oxygen atoms in total. The first-order valence-electron chi connectivity index (χ1n) is 5.60. The van der Waals surface area contributed by atoms with Crippen LogP contribution in [-0.2, 0) is 11.2 Å².